The zero-order chi connectivity index (χ0) is 26.1. The molecule has 194 valence electrons. The predicted octanol–water partition coefficient (Wildman–Crippen LogP) is 3.24. The number of nitrogens with zero attached hydrogens (tertiary/aromatic N) is 6. The zero-order valence-corrected chi connectivity index (χ0v) is 22.1. The second kappa shape index (κ2) is 13.1. The highest BCUT2D eigenvalue weighted by Gasteiger charge is 2.15. The smallest absolute Gasteiger partial charge is 0.229 e. The van der Waals surface area contributed by atoms with Crippen molar-refractivity contribution in [1.82, 2.24) is 35.5 Å². The summed E-state index contributed by atoms with van der Waals surface area (Å²) in [5.41, 5.74) is 6.56. The lowest BCUT2D eigenvalue weighted by atomic mass is 10.0. The third-order valence-corrected chi connectivity index (χ3v) is 6.06. The van der Waals surface area contributed by atoms with Gasteiger partial charge in [-0.3, -0.25) is 4.90 Å². The number of rotatable bonds is 10. The minimum absolute atomic E-state index is 0.150. The molecular formula is C26H38FN9. The molecule has 1 saturated heterocycles. The van der Waals surface area contributed by atoms with Gasteiger partial charge < -0.3 is 21.0 Å². The van der Waals surface area contributed by atoms with Crippen molar-refractivity contribution in [3.8, 4) is 0 Å². The minimum atomic E-state index is -0.534. The van der Waals surface area contributed by atoms with Crippen LogP contribution >= 0.6 is 0 Å². The molecule has 10 heteroatoms. The van der Waals surface area contributed by atoms with Crippen LogP contribution in [0.1, 0.15) is 32.0 Å². The maximum Gasteiger partial charge on any atom is 0.229 e. The molecule has 0 aliphatic carbocycles. The number of allylic oxidation sites excluding steroid dienone is 4. The van der Waals surface area contributed by atoms with Crippen LogP contribution in [-0.4, -0.2) is 78.3 Å². The average molecular weight is 496 g/mol. The van der Waals surface area contributed by atoms with Crippen molar-refractivity contribution < 1.29 is 4.39 Å². The molecule has 2 aromatic heterocycles. The molecule has 3 N–H and O–H groups in total. The molecule has 0 spiro atoms. The Hall–Kier alpha value is -3.37. The molecule has 0 radical (unpaired) electrons. The standard InChI is InChI=1S/C26H38FN9/c1-18(2)24(28-4)19(3)13-21(15-32-29-5)25-22(27)16-31-26(34-25)33-23-8-7-20(14-30-23)17-36-11-9-35(6)10-12-36/h7-8,13-16,18,28-29H,9-12,17H2,1-6H3,(H,30,31,33,34)/b21-13+,24-19+,32-15-. The molecule has 1 aliphatic rings. The molecule has 1 aliphatic heterocycles. The van der Waals surface area contributed by atoms with Crippen molar-refractivity contribution in [2.75, 3.05) is 52.6 Å². The van der Waals surface area contributed by atoms with E-state index in [0.29, 0.717) is 11.4 Å². The first-order valence-electron chi connectivity index (χ1n) is 12.3. The van der Waals surface area contributed by atoms with Crippen LogP contribution in [0.3, 0.4) is 0 Å². The van der Waals surface area contributed by atoms with Gasteiger partial charge in [0, 0.05) is 64.3 Å². The largest absolute Gasteiger partial charge is 0.391 e. The van der Waals surface area contributed by atoms with Crippen molar-refractivity contribution in [3.05, 3.63) is 58.9 Å². The SMILES string of the molecule is CN\N=C/C(=C\C(C)=C(\NC)C(C)C)c1nc(Nc2ccc(CN3CCN(C)CC3)cn2)ncc1F. The van der Waals surface area contributed by atoms with Crippen molar-refractivity contribution in [3.63, 3.8) is 0 Å². The fourth-order valence-corrected chi connectivity index (χ4v) is 4.15. The highest BCUT2D eigenvalue weighted by Crippen LogP contribution is 2.22. The fraction of sp³-hybridized carbons (Fsp3) is 0.462. The molecule has 9 nitrogen and oxygen atoms in total. The van der Waals surface area contributed by atoms with Gasteiger partial charge in [-0.1, -0.05) is 19.9 Å². The van der Waals surface area contributed by atoms with Crippen LogP contribution in [0.15, 0.2) is 47.0 Å². The summed E-state index contributed by atoms with van der Waals surface area (Å²) in [5.74, 6) is 0.603. The van der Waals surface area contributed by atoms with E-state index in [9.17, 15) is 4.39 Å². The van der Waals surface area contributed by atoms with Gasteiger partial charge in [-0.15, -0.1) is 0 Å². The second-order valence-corrected chi connectivity index (χ2v) is 9.23. The van der Waals surface area contributed by atoms with E-state index < -0.39 is 5.82 Å². The summed E-state index contributed by atoms with van der Waals surface area (Å²) in [5, 5.41) is 10.4. The van der Waals surface area contributed by atoms with Crippen LogP contribution in [0.25, 0.3) is 5.57 Å². The Morgan fingerprint density at radius 3 is 2.50 bits per heavy atom. The first-order chi connectivity index (χ1) is 17.3. The normalized spacial score (nSPS) is 16.4. The zero-order valence-electron chi connectivity index (χ0n) is 22.1. The molecule has 0 aromatic carbocycles. The van der Waals surface area contributed by atoms with Gasteiger partial charge in [-0.2, -0.15) is 5.10 Å². The number of hydrogen-bond acceptors (Lipinski definition) is 9. The van der Waals surface area contributed by atoms with Crippen LogP contribution in [0.2, 0.25) is 0 Å². The van der Waals surface area contributed by atoms with Gasteiger partial charge in [0.2, 0.25) is 5.95 Å². The first kappa shape index (κ1) is 27.2. The van der Waals surface area contributed by atoms with E-state index in [2.05, 4.69) is 66.8 Å². The summed E-state index contributed by atoms with van der Waals surface area (Å²) < 4.78 is 14.8. The molecule has 0 unspecified atom stereocenters. The minimum Gasteiger partial charge on any atom is -0.391 e. The van der Waals surface area contributed by atoms with Crippen molar-refractivity contribution in [2.24, 2.45) is 11.0 Å². The molecule has 0 amide bonds. The van der Waals surface area contributed by atoms with Crippen LogP contribution in [0.4, 0.5) is 16.2 Å². The molecule has 1 fully saturated rings. The van der Waals surface area contributed by atoms with Gasteiger partial charge in [0.05, 0.1) is 12.4 Å². The highest BCUT2D eigenvalue weighted by atomic mass is 19.1. The van der Waals surface area contributed by atoms with E-state index in [4.69, 9.17) is 0 Å². The maximum atomic E-state index is 14.8. The Labute approximate surface area is 213 Å². The molecule has 3 rings (SSSR count). The van der Waals surface area contributed by atoms with Gasteiger partial charge in [0.1, 0.15) is 11.5 Å². The van der Waals surface area contributed by atoms with E-state index >= 15 is 0 Å². The van der Waals surface area contributed by atoms with Gasteiger partial charge in [0.15, 0.2) is 5.82 Å². The number of hydrogen-bond donors (Lipinski definition) is 3. The predicted molar refractivity (Wildman–Crippen MR) is 144 cm³/mol. The van der Waals surface area contributed by atoms with Gasteiger partial charge in [-0.25, -0.2) is 19.3 Å². The number of pyridine rings is 1. The number of piperazine rings is 1. The summed E-state index contributed by atoms with van der Waals surface area (Å²) in [7, 11) is 5.72. The summed E-state index contributed by atoms with van der Waals surface area (Å²) in [6.45, 7) is 11.3. The lowest BCUT2D eigenvalue weighted by molar-refractivity contribution is 0.148. The van der Waals surface area contributed by atoms with E-state index in [1.165, 1.54) is 0 Å². The molecular weight excluding hydrogens is 457 g/mol. The third kappa shape index (κ3) is 7.56. The molecule has 3 heterocycles. The van der Waals surface area contributed by atoms with Crippen molar-refractivity contribution in [1.29, 1.82) is 0 Å². The maximum absolute atomic E-state index is 14.8. The summed E-state index contributed by atoms with van der Waals surface area (Å²) >= 11 is 0. The number of halogens is 1. The Bertz CT molecular complexity index is 1090. The number of anilines is 2. The summed E-state index contributed by atoms with van der Waals surface area (Å²) in [6, 6.07) is 3.94. The lowest BCUT2D eigenvalue weighted by Gasteiger charge is -2.32. The number of hydrazone groups is 1. The van der Waals surface area contributed by atoms with E-state index in [1.54, 1.807) is 13.3 Å². The second-order valence-electron chi connectivity index (χ2n) is 9.23. The third-order valence-electron chi connectivity index (χ3n) is 6.06. The van der Waals surface area contributed by atoms with Crippen LogP contribution in [-0.2, 0) is 6.54 Å². The summed E-state index contributed by atoms with van der Waals surface area (Å²) in [4.78, 5) is 17.8. The Morgan fingerprint density at radius 1 is 1.14 bits per heavy atom. The molecule has 0 atom stereocenters. The molecule has 0 saturated carbocycles. The lowest BCUT2D eigenvalue weighted by Crippen LogP contribution is -2.43. The first-order valence-corrected chi connectivity index (χ1v) is 12.3. The number of aromatic nitrogens is 3. The Balaban J connectivity index is 1.80. The van der Waals surface area contributed by atoms with Crippen LogP contribution < -0.4 is 16.1 Å². The van der Waals surface area contributed by atoms with E-state index in [-0.39, 0.29) is 17.6 Å². The molecule has 2 aromatic rings. The van der Waals surface area contributed by atoms with Crippen LogP contribution in [0, 0.1) is 11.7 Å². The van der Waals surface area contributed by atoms with Crippen LogP contribution in [0.5, 0.6) is 0 Å². The summed E-state index contributed by atoms with van der Waals surface area (Å²) in [6.07, 6.45) is 6.44. The van der Waals surface area contributed by atoms with Crippen molar-refractivity contribution >= 4 is 23.6 Å². The van der Waals surface area contributed by atoms with E-state index in [1.807, 2.05) is 38.4 Å². The highest BCUT2D eigenvalue weighted by molar-refractivity contribution is 6.09. The van der Waals surface area contributed by atoms with E-state index in [0.717, 1.165) is 55.8 Å². The topological polar surface area (TPSA) is 93.6 Å². The van der Waals surface area contributed by atoms with Crippen molar-refractivity contribution in [2.45, 2.75) is 27.3 Å². The van der Waals surface area contributed by atoms with Gasteiger partial charge in [-0.05, 0) is 43.2 Å². The van der Waals surface area contributed by atoms with Gasteiger partial charge >= 0.3 is 0 Å². The molecule has 36 heavy (non-hydrogen) atoms. The fourth-order valence-electron chi connectivity index (χ4n) is 4.15. The van der Waals surface area contributed by atoms with Gasteiger partial charge in [0.25, 0.3) is 0 Å². The Morgan fingerprint density at radius 2 is 1.89 bits per heavy atom. The number of likely N-dealkylation sites (N-methyl/N-ethyl adjacent to an activating group) is 1. The average Bonchev–Trinajstić information content (AvgIpc) is 2.86. The quantitative estimate of drug-likeness (QED) is 0.263. The molecule has 0 bridgehead atoms. The number of nitrogens with one attached hydrogen (secondary N) is 3. The Kier molecular flexibility index (Phi) is 9.89. The monoisotopic (exact) mass is 495 g/mol.